The van der Waals surface area contributed by atoms with Crippen molar-refractivity contribution in [3.8, 4) is 0 Å². The Labute approximate surface area is 139 Å². The van der Waals surface area contributed by atoms with Gasteiger partial charge in [0, 0.05) is 6.54 Å². The average Bonchev–Trinajstić information content (AvgIpc) is 2.52. The number of aliphatic hydroxyl groups is 1. The quantitative estimate of drug-likeness (QED) is 0.875. The van der Waals surface area contributed by atoms with Gasteiger partial charge in [-0.2, -0.15) is 0 Å². The van der Waals surface area contributed by atoms with Gasteiger partial charge in [-0.15, -0.1) is 0 Å². The molecule has 1 heterocycles. The highest BCUT2D eigenvalue weighted by Crippen LogP contribution is 2.25. The Hall–Kier alpha value is -1.39. The van der Waals surface area contributed by atoms with Gasteiger partial charge in [-0.1, -0.05) is 45.0 Å². The molecule has 1 saturated heterocycles. The lowest BCUT2D eigenvalue weighted by Crippen LogP contribution is -2.37. The van der Waals surface area contributed by atoms with Gasteiger partial charge in [-0.25, -0.2) is 0 Å². The summed E-state index contributed by atoms with van der Waals surface area (Å²) in [4.78, 5) is 13.2. The van der Waals surface area contributed by atoms with E-state index in [2.05, 4.69) is 37.8 Å². The molecule has 1 aromatic rings. The average molecular weight is 319 g/mol. The van der Waals surface area contributed by atoms with Crippen LogP contribution < -0.4 is 0 Å². The number of hydrogen-bond donors (Lipinski definition) is 2. The third kappa shape index (κ3) is 5.05. The molecule has 1 fully saturated rings. The van der Waals surface area contributed by atoms with Gasteiger partial charge in [0.25, 0.3) is 0 Å². The van der Waals surface area contributed by atoms with Crippen molar-refractivity contribution in [1.82, 2.24) is 4.90 Å². The maximum absolute atomic E-state index is 11.0. The van der Waals surface area contributed by atoms with E-state index in [0.717, 1.165) is 25.2 Å². The number of rotatable bonds is 5. The van der Waals surface area contributed by atoms with Crippen molar-refractivity contribution in [1.29, 1.82) is 0 Å². The van der Waals surface area contributed by atoms with Crippen molar-refractivity contribution in [3.63, 3.8) is 0 Å². The molecule has 0 bridgehead atoms. The number of likely N-dealkylation sites (tertiary alicyclic amines) is 1. The van der Waals surface area contributed by atoms with Crippen LogP contribution in [-0.4, -0.2) is 40.7 Å². The van der Waals surface area contributed by atoms with Crippen LogP contribution >= 0.6 is 0 Å². The molecule has 2 rings (SSSR count). The monoisotopic (exact) mass is 319 g/mol. The molecule has 1 atom stereocenters. The minimum Gasteiger partial charge on any atom is -0.481 e. The summed E-state index contributed by atoms with van der Waals surface area (Å²) >= 11 is 0. The van der Waals surface area contributed by atoms with Crippen LogP contribution in [-0.2, 0) is 10.2 Å². The number of aliphatic hydroxyl groups excluding tert-OH is 1. The van der Waals surface area contributed by atoms with E-state index in [1.54, 1.807) is 0 Å². The van der Waals surface area contributed by atoms with Gasteiger partial charge in [0.05, 0.1) is 12.0 Å². The molecular weight excluding hydrogens is 290 g/mol. The van der Waals surface area contributed by atoms with Crippen LogP contribution in [0.1, 0.15) is 57.3 Å². The fourth-order valence-electron chi connectivity index (χ4n) is 3.08. The zero-order valence-corrected chi connectivity index (χ0v) is 14.5. The van der Waals surface area contributed by atoms with E-state index in [1.807, 2.05) is 12.1 Å². The van der Waals surface area contributed by atoms with Crippen LogP contribution in [0.4, 0.5) is 0 Å². The topological polar surface area (TPSA) is 60.8 Å². The molecule has 128 valence electrons. The number of piperidine rings is 1. The van der Waals surface area contributed by atoms with Gasteiger partial charge in [-0.05, 0) is 48.9 Å². The minimum absolute atomic E-state index is 0.123. The second kappa shape index (κ2) is 7.45. The van der Waals surface area contributed by atoms with E-state index in [4.69, 9.17) is 5.11 Å². The summed E-state index contributed by atoms with van der Waals surface area (Å²) in [7, 11) is 0. The van der Waals surface area contributed by atoms with Crippen molar-refractivity contribution in [3.05, 3.63) is 35.4 Å². The molecule has 1 aromatic carbocycles. The van der Waals surface area contributed by atoms with E-state index < -0.39 is 12.1 Å². The number of aliphatic carboxylic acids is 1. The summed E-state index contributed by atoms with van der Waals surface area (Å²) in [5, 5.41) is 19.4. The Kier molecular flexibility index (Phi) is 5.82. The summed E-state index contributed by atoms with van der Waals surface area (Å²) in [5.41, 5.74) is 2.35. The lowest BCUT2D eigenvalue weighted by molar-refractivity contribution is -0.143. The summed E-state index contributed by atoms with van der Waals surface area (Å²) in [5.74, 6) is -0.871. The zero-order valence-electron chi connectivity index (χ0n) is 14.5. The number of nitrogens with zero attached hydrogens (tertiary/aromatic N) is 1. The second-order valence-corrected chi connectivity index (χ2v) is 7.63. The number of carboxylic acids is 1. The highest BCUT2D eigenvalue weighted by Gasteiger charge is 2.24. The summed E-state index contributed by atoms with van der Waals surface area (Å²) < 4.78 is 0. The molecule has 4 heteroatoms. The van der Waals surface area contributed by atoms with Crippen LogP contribution in [0, 0.1) is 5.92 Å². The number of carboxylic acid groups (broad SMARTS) is 1. The largest absolute Gasteiger partial charge is 0.481 e. The fraction of sp³-hybridized carbons (Fsp3) is 0.632. The van der Waals surface area contributed by atoms with Crippen molar-refractivity contribution in [2.75, 3.05) is 19.6 Å². The van der Waals surface area contributed by atoms with Gasteiger partial charge in [0.15, 0.2) is 0 Å². The Balaban J connectivity index is 1.81. The molecule has 4 nitrogen and oxygen atoms in total. The number of hydrogen-bond acceptors (Lipinski definition) is 3. The van der Waals surface area contributed by atoms with E-state index in [0.29, 0.717) is 19.3 Å². The predicted molar refractivity (Wildman–Crippen MR) is 91.5 cm³/mol. The molecule has 1 aliphatic rings. The van der Waals surface area contributed by atoms with Crippen LogP contribution in [0.25, 0.3) is 0 Å². The summed E-state index contributed by atoms with van der Waals surface area (Å²) in [6, 6.07) is 8.22. The second-order valence-electron chi connectivity index (χ2n) is 7.63. The molecule has 0 aliphatic carbocycles. The molecule has 1 aliphatic heterocycles. The third-order valence-electron chi connectivity index (χ3n) is 4.82. The molecule has 0 saturated carbocycles. The third-order valence-corrected chi connectivity index (χ3v) is 4.82. The van der Waals surface area contributed by atoms with Crippen LogP contribution in [0.2, 0.25) is 0 Å². The molecule has 0 amide bonds. The van der Waals surface area contributed by atoms with E-state index in [1.165, 1.54) is 5.56 Å². The number of benzene rings is 1. The lowest BCUT2D eigenvalue weighted by atomic mass is 9.86. The van der Waals surface area contributed by atoms with Gasteiger partial charge in [0.2, 0.25) is 0 Å². The first kappa shape index (κ1) is 18.0. The van der Waals surface area contributed by atoms with Crippen molar-refractivity contribution < 1.29 is 15.0 Å². The van der Waals surface area contributed by atoms with Crippen LogP contribution in [0.5, 0.6) is 0 Å². The van der Waals surface area contributed by atoms with Crippen LogP contribution in [0.15, 0.2) is 24.3 Å². The van der Waals surface area contributed by atoms with Crippen molar-refractivity contribution >= 4 is 5.97 Å². The first-order valence-corrected chi connectivity index (χ1v) is 8.51. The Morgan fingerprint density at radius 2 is 1.78 bits per heavy atom. The standard InChI is InChI=1S/C19H29NO3/c1-19(2,3)16-6-4-14(5-7-16)17(21)10-13-20-11-8-15(9-12-20)18(22)23/h4-7,15,17,21H,8-13H2,1-3H3,(H,22,23). The molecule has 2 N–H and O–H groups in total. The van der Waals surface area contributed by atoms with E-state index >= 15 is 0 Å². The molecule has 0 aromatic heterocycles. The maximum atomic E-state index is 11.0. The Bertz CT molecular complexity index is 510. The Morgan fingerprint density at radius 1 is 1.22 bits per heavy atom. The Morgan fingerprint density at radius 3 is 2.26 bits per heavy atom. The molecule has 1 unspecified atom stereocenters. The van der Waals surface area contributed by atoms with Crippen molar-refractivity contribution in [2.45, 2.75) is 51.6 Å². The summed E-state index contributed by atoms with van der Waals surface area (Å²) in [6.45, 7) is 8.98. The van der Waals surface area contributed by atoms with Gasteiger partial charge in [0.1, 0.15) is 0 Å². The predicted octanol–water partition coefficient (Wildman–Crippen LogP) is 3.20. The number of carbonyl (C=O) groups is 1. The van der Waals surface area contributed by atoms with E-state index in [9.17, 15) is 9.90 Å². The van der Waals surface area contributed by atoms with Gasteiger partial charge in [-0.3, -0.25) is 4.79 Å². The summed E-state index contributed by atoms with van der Waals surface area (Å²) in [6.07, 6.45) is 1.66. The van der Waals surface area contributed by atoms with Gasteiger partial charge < -0.3 is 15.1 Å². The molecular formula is C19H29NO3. The normalized spacial score (nSPS) is 18.8. The van der Waals surface area contributed by atoms with Crippen LogP contribution in [0.3, 0.4) is 0 Å². The molecule has 23 heavy (non-hydrogen) atoms. The first-order valence-electron chi connectivity index (χ1n) is 8.51. The lowest BCUT2D eigenvalue weighted by Gasteiger charge is -2.30. The molecule has 0 spiro atoms. The molecule has 0 radical (unpaired) electrons. The minimum atomic E-state index is -0.677. The van der Waals surface area contributed by atoms with Gasteiger partial charge >= 0.3 is 5.97 Å². The smallest absolute Gasteiger partial charge is 0.306 e. The SMILES string of the molecule is CC(C)(C)c1ccc(C(O)CCN2CCC(C(=O)O)CC2)cc1. The highest BCUT2D eigenvalue weighted by atomic mass is 16.4. The van der Waals surface area contributed by atoms with E-state index in [-0.39, 0.29) is 11.3 Å². The fourth-order valence-corrected chi connectivity index (χ4v) is 3.08. The highest BCUT2D eigenvalue weighted by molar-refractivity contribution is 5.70. The van der Waals surface area contributed by atoms with Crippen molar-refractivity contribution in [2.24, 2.45) is 5.92 Å². The maximum Gasteiger partial charge on any atom is 0.306 e. The zero-order chi connectivity index (χ0) is 17.0. The first-order chi connectivity index (χ1) is 10.8.